The SMILES string of the molecule is CCC(C(=O)Nc1ccccc1)n1c(N)nnc1SC. The van der Waals surface area contributed by atoms with Crippen LogP contribution >= 0.6 is 11.8 Å². The van der Waals surface area contributed by atoms with Gasteiger partial charge < -0.3 is 11.1 Å². The molecule has 0 bridgehead atoms. The molecule has 0 radical (unpaired) electrons. The van der Waals surface area contributed by atoms with Gasteiger partial charge in [0.05, 0.1) is 0 Å². The van der Waals surface area contributed by atoms with Crippen molar-refractivity contribution in [3.05, 3.63) is 30.3 Å². The predicted molar refractivity (Wildman–Crippen MR) is 80.6 cm³/mol. The number of benzene rings is 1. The Bertz CT molecular complexity index is 584. The molecule has 106 valence electrons. The van der Waals surface area contributed by atoms with Gasteiger partial charge in [-0.2, -0.15) is 0 Å². The largest absolute Gasteiger partial charge is 0.368 e. The van der Waals surface area contributed by atoms with Gasteiger partial charge in [-0.25, -0.2) is 0 Å². The Labute approximate surface area is 121 Å². The molecule has 0 saturated carbocycles. The molecule has 0 spiro atoms. The Morgan fingerprint density at radius 3 is 2.70 bits per heavy atom. The number of nitrogens with zero attached hydrogens (tertiary/aromatic N) is 3. The smallest absolute Gasteiger partial charge is 0.247 e. The first-order chi connectivity index (χ1) is 9.67. The van der Waals surface area contributed by atoms with E-state index in [9.17, 15) is 4.79 Å². The number of nitrogens with two attached hydrogens (primary N) is 1. The van der Waals surface area contributed by atoms with Crippen molar-refractivity contribution in [1.82, 2.24) is 14.8 Å². The van der Waals surface area contributed by atoms with Gasteiger partial charge in [-0.05, 0) is 24.8 Å². The number of anilines is 2. The van der Waals surface area contributed by atoms with E-state index in [1.54, 1.807) is 4.57 Å². The maximum absolute atomic E-state index is 12.4. The van der Waals surface area contributed by atoms with Crippen molar-refractivity contribution < 1.29 is 4.79 Å². The van der Waals surface area contributed by atoms with Crippen molar-refractivity contribution in [1.29, 1.82) is 0 Å². The molecule has 0 aliphatic carbocycles. The van der Waals surface area contributed by atoms with Crippen molar-refractivity contribution in [3.8, 4) is 0 Å². The Morgan fingerprint density at radius 2 is 2.10 bits per heavy atom. The summed E-state index contributed by atoms with van der Waals surface area (Å²) < 4.78 is 1.67. The van der Waals surface area contributed by atoms with Crippen LogP contribution in [0.1, 0.15) is 19.4 Å². The normalized spacial score (nSPS) is 12.1. The zero-order valence-corrected chi connectivity index (χ0v) is 12.2. The second-order valence-electron chi connectivity index (χ2n) is 4.19. The standard InChI is InChI=1S/C13H17N5OS/c1-3-10(18-12(14)16-17-13(18)20-2)11(19)15-9-7-5-4-6-8-9/h4-8,10H,3H2,1-2H3,(H2,14,16)(H,15,19). The molecule has 6 nitrogen and oxygen atoms in total. The summed E-state index contributed by atoms with van der Waals surface area (Å²) in [6.07, 6.45) is 2.48. The van der Waals surface area contributed by atoms with Crippen LogP contribution in [0.2, 0.25) is 0 Å². The van der Waals surface area contributed by atoms with Gasteiger partial charge >= 0.3 is 0 Å². The summed E-state index contributed by atoms with van der Waals surface area (Å²) in [7, 11) is 0. The molecule has 20 heavy (non-hydrogen) atoms. The second-order valence-corrected chi connectivity index (χ2v) is 4.97. The van der Waals surface area contributed by atoms with E-state index in [2.05, 4.69) is 15.5 Å². The number of rotatable bonds is 5. The molecule has 2 rings (SSSR count). The van der Waals surface area contributed by atoms with E-state index in [0.29, 0.717) is 11.6 Å². The lowest BCUT2D eigenvalue weighted by Gasteiger charge is -2.18. The minimum absolute atomic E-state index is 0.125. The monoisotopic (exact) mass is 291 g/mol. The van der Waals surface area contributed by atoms with Gasteiger partial charge in [-0.1, -0.05) is 36.9 Å². The first-order valence-electron chi connectivity index (χ1n) is 6.27. The zero-order valence-electron chi connectivity index (χ0n) is 11.4. The lowest BCUT2D eigenvalue weighted by molar-refractivity contribution is -0.119. The van der Waals surface area contributed by atoms with Crippen LogP contribution in [0.15, 0.2) is 35.5 Å². The molecule has 7 heteroatoms. The number of thioether (sulfide) groups is 1. The molecule has 1 unspecified atom stereocenters. The van der Waals surface area contributed by atoms with Gasteiger partial charge in [0, 0.05) is 5.69 Å². The minimum atomic E-state index is -0.423. The van der Waals surface area contributed by atoms with Gasteiger partial charge in [0.15, 0.2) is 5.16 Å². The van der Waals surface area contributed by atoms with E-state index < -0.39 is 6.04 Å². The summed E-state index contributed by atoms with van der Waals surface area (Å²) in [5, 5.41) is 11.3. The third kappa shape index (κ3) is 2.93. The van der Waals surface area contributed by atoms with Gasteiger partial charge in [-0.15, -0.1) is 10.2 Å². The Hall–Kier alpha value is -2.02. The van der Waals surface area contributed by atoms with E-state index in [0.717, 1.165) is 5.69 Å². The number of carbonyl (C=O) groups is 1. The Morgan fingerprint density at radius 1 is 1.40 bits per heavy atom. The lowest BCUT2D eigenvalue weighted by atomic mass is 10.2. The van der Waals surface area contributed by atoms with Crippen molar-refractivity contribution in [2.75, 3.05) is 17.3 Å². The molecule has 0 saturated heterocycles. The quantitative estimate of drug-likeness (QED) is 0.825. The lowest BCUT2D eigenvalue weighted by Crippen LogP contribution is -2.27. The number of para-hydroxylation sites is 1. The molecule has 3 N–H and O–H groups in total. The molecule has 1 atom stereocenters. The van der Waals surface area contributed by atoms with Crippen LogP contribution in [0.3, 0.4) is 0 Å². The summed E-state index contributed by atoms with van der Waals surface area (Å²) in [4.78, 5) is 12.4. The molecule has 1 aromatic heterocycles. The van der Waals surface area contributed by atoms with Crippen molar-refractivity contribution in [2.24, 2.45) is 0 Å². The van der Waals surface area contributed by atoms with E-state index in [4.69, 9.17) is 5.73 Å². The van der Waals surface area contributed by atoms with Crippen LogP contribution in [0.5, 0.6) is 0 Å². The Kier molecular flexibility index (Phi) is 4.62. The third-order valence-electron chi connectivity index (χ3n) is 2.92. The van der Waals surface area contributed by atoms with Crippen LogP contribution in [-0.4, -0.2) is 26.9 Å². The van der Waals surface area contributed by atoms with Crippen molar-refractivity contribution in [2.45, 2.75) is 24.5 Å². The van der Waals surface area contributed by atoms with E-state index in [1.165, 1.54) is 11.8 Å². The fraction of sp³-hybridized carbons (Fsp3) is 0.308. The third-order valence-corrected chi connectivity index (χ3v) is 3.56. The molecular weight excluding hydrogens is 274 g/mol. The van der Waals surface area contributed by atoms with Crippen molar-refractivity contribution >= 4 is 29.3 Å². The van der Waals surface area contributed by atoms with Gasteiger partial charge in [-0.3, -0.25) is 9.36 Å². The molecule has 0 aliphatic rings. The Balaban J connectivity index is 2.23. The maximum Gasteiger partial charge on any atom is 0.247 e. The second kappa shape index (κ2) is 6.42. The average molecular weight is 291 g/mol. The van der Waals surface area contributed by atoms with Crippen LogP contribution in [0.25, 0.3) is 0 Å². The topological polar surface area (TPSA) is 85.8 Å². The fourth-order valence-electron chi connectivity index (χ4n) is 1.95. The van der Waals surface area contributed by atoms with E-state index >= 15 is 0 Å². The number of aromatic nitrogens is 3. The number of carbonyl (C=O) groups excluding carboxylic acids is 1. The summed E-state index contributed by atoms with van der Waals surface area (Å²) in [6.45, 7) is 1.93. The highest BCUT2D eigenvalue weighted by Gasteiger charge is 2.24. The summed E-state index contributed by atoms with van der Waals surface area (Å²) in [6, 6.07) is 8.91. The maximum atomic E-state index is 12.4. The summed E-state index contributed by atoms with van der Waals surface area (Å²) in [5.41, 5.74) is 6.58. The van der Waals surface area contributed by atoms with E-state index in [-0.39, 0.29) is 11.9 Å². The first-order valence-corrected chi connectivity index (χ1v) is 7.50. The number of hydrogen-bond acceptors (Lipinski definition) is 5. The first kappa shape index (κ1) is 14.4. The van der Waals surface area contributed by atoms with Gasteiger partial charge in [0.2, 0.25) is 11.9 Å². The molecule has 0 aliphatic heterocycles. The minimum Gasteiger partial charge on any atom is -0.368 e. The van der Waals surface area contributed by atoms with Gasteiger partial charge in [0.25, 0.3) is 0 Å². The zero-order chi connectivity index (χ0) is 14.5. The molecule has 1 amide bonds. The molecule has 1 heterocycles. The molecular formula is C13H17N5OS. The van der Waals surface area contributed by atoms with Crippen molar-refractivity contribution in [3.63, 3.8) is 0 Å². The summed E-state index contributed by atoms with van der Waals surface area (Å²) >= 11 is 1.41. The van der Waals surface area contributed by atoms with Crippen LogP contribution in [-0.2, 0) is 4.79 Å². The number of nitrogen functional groups attached to an aromatic ring is 1. The van der Waals surface area contributed by atoms with Crippen LogP contribution in [0.4, 0.5) is 11.6 Å². The van der Waals surface area contributed by atoms with Gasteiger partial charge in [0.1, 0.15) is 6.04 Å². The molecule has 0 fully saturated rings. The molecule has 2 aromatic rings. The highest BCUT2D eigenvalue weighted by Crippen LogP contribution is 2.24. The highest BCUT2D eigenvalue weighted by atomic mass is 32.2. The van der Waals surface area contributed by atoms with E-state index in [1.807, 2.05) is 43.5 Å². The molecule has 1 aromatic carbocycles. The van der Waals surface area contributed by atoms with Crippen LogP contribution in [0, 0.1) is 0 Å². The number of hydrogen-bond donors (Lipinski definition) is 2. The average Bonchev–Trinajstić information content (AvgIpc) is 2.82. The van der Waals surface area contributed by atoms with Crippen LogP contribution < -0.4 is 11.1 Å². The fourth-order valence-corrected chi connectivity index (χ4v) is 2.49. The predicted octanol–water partition coefficient (Wildman–Crippen LogP) is 2.17. The number of amides is 1. The number of nitrogens with one attached hydrogen (secondary N) is 1. The summed E-state index contributed by atoms with van der Waals surface area (Å²) in [5.74, 6) is 0.130. The highest BCUT2D eigenvalue weighted by molar-refractivity contribution is 7.98.